The summed E-state index contributed by atoms with van der Waals surface area (Å²) >= 11 is 0. The molecule has 0 atom stereocenters. The van der Waals surface area contributed by atoms with Gasteiger partial charge in [-0.3, -0.25) is 0 Å². The molecule has 1 aliphatic carbocycles. The summed E-state index contributed by atoms with van der Waals surface area (Å²) < 4.78 is 5.10. The van der Waals surface area contributed by atoms with Crippen molar-refractivity contribution in [3.05, 3.63) is 18.3 Å². The van der Waals surface area contributed by atoms with E-state index in [4.69, 9.17) is 10.5 Å². The van der Waals surface area contributed by atoms with Crippen molar-refractivity contribution in [2.45, 2.75) is 31.2 Å². The molecule has 1 heterocycles. The molecule has 0 saturated heterocycles. The van der Waals surface area contributed by atoms with Gasteiger partial charge in [-0.2, -0.15) is 0 Å². The highest BCUT2D eigenvalue weighted by Gasteiger charge is 2.32. The van der Waals surface area contributed by atoms with Crippen LogP contribution in [0.1, 0.15) is 25.7 Å². The van der Waals surface area contributed by atoms with E-state index in [1.54, 1.807) is 13.3 Å². The molecule has 1 aromatic rings. The number of pyridine rings is 1. The minimum Gasteiger partial charge on any atom is -0.481 e. The Hall–Kier alpha value is -1.29. The molecular formula is C12H19N3O. The van der Waals surface area contributed by atoms with Crippen LogP contribution in [0.5, 0.6) is 5.88 Å². The summed E-state index contributed by atoms with van der Waals surface area (Å²) in [6, 6.07) is 3.87. The maximum atomic E-state index is 5.88. The molecule has 0 aromatic carbocycles. The summed E-state index contributed by atoms with van der Waals surface area (Å²) in [4.78, 5) is 4.09. The fraction of sp³-hybridized carbons (Fsp3) is 0.583. The van der Waals surface area contributed by atoms with Gasteiger partial charge in [0.2, 0.25) is 5.88 Å². The van der Waals surface area contributed by atoms with E-state index in [1.807, 2.05) is 12.1 Å². The van der Waals surface area contributed by atoms with Crippen LogP contribution in [0.25, 0.3) is 0 Å². The number of hydrogen-bond donors (Lipinski definition) is 2. The molecule has 4 nitrogen and oxygen atoms in total. The molecule has 4 heteroatoms. The molecule has 16 heavy (non-hydrogen) atoms. The van der Waals surface area contributed by atoms with Gasteiger partial charge in [-0.15, -0.1) is 0 Å². The third-order valence-corrected chi connectivity index (χ3v) is 3.30. The summed E-state index contributed by atoms with van der Waals surface area (Å²) in [7, 11) is 1.63. The zero-order chi connectivity index (χ0) is 11.4. The Morgan fingerprint density at radius 1 is 1.50 bits per heavy atom. The van der Waals surface area contributed by atoms with E-state index in [2.05, 4.69) is 10.3 Å². The predicted molar refractivity (Wildman–Crippen MR) is 64.7 cm³/mol. The van der Waals surface area contributed by atoms with E-state index < -0.39 is 0 Å². The van der Waals surface area contributed by atoms with Crippen LogP contribution in [-0.4, -0.2) is 24.2 Å². The fourth-order valence-electron chi connectivity index (χ4n) is 2.34. The van der Waals surface area contributed by atoms with Crippen LogP contribution in [0.2, 0.25) is 0 Å². The normalized spacial score (nSPS) is 18.4. The standard InChI is InChI=1S/C12H19N3O/c1-16-11-8-10(4-7-14-11)15-12(9-13)5-2-3-6-12/h4,7-8H,2-3,5-6,9,13H2,1H3,(H,14,15). The number of methoxy groups -OCH3 is 1. The minimum atomic E-state index is 0.0758. The number of nitrogens with zero attached hydrogens (tertiary/aromatic N) is 1. The molecule has 0 amide bonds. The third-order valence-electron chi connectivity index (χ3n) is 3.30. The monoisotopic (exact) mass is 221 g/mol. The van der Waals surface area contributed by atoms with E-state index in [1.165, 1.54) is 12.8 Å². The lowest BCUT2D eigenvalue weighted by molar-refractivity contribution is 0.397. The van der Waals surface area contributed by atoms with Crippen molar-refractivity contribution in [1.29, 1.82) is 0 Å². The van der Waals surface area contributed by atoms with Crippen molar-refractivity contribution < 1.29 is 4.74 Å². The lowest BCUT2D eigenvalue weighted by Crippen LogP contribution is -2.42. The Balaban J connectivity index is 2.12. The van der Waals surface area contributed by atoms with Crippen molar-refractivity contribution in [3.63, 3.8) is 0 Å². The summed E-state index contributed by atoms with van der Waals surface area (Å²) in [5.41, 5.74) is 6.99. The fourth-order valence-corrected chi connectivity index (χ4v) is 2.34. The second-order valence-electron chi connectivity index (χ2n) is 4.40. The van der Waals surface area contributed by atoms with E-state index in [0.717, 1.165) is 18.5 Å². The van der Waals surface area contributed by atoms with Crippen LogP contribution in [0.3, 0.4) is 0 Å². The second-order valence-corrected chi connectivity index (χ2v) is 4.40. The molecule has 1 aromatic heterocycles. The Labute approximate surface area is 96.2 Å². The zero-order valence-electron chi connectivity index (χ0n) is 9.70. The quantitative estimate of drug-likeness (QED) is 0.813. The van der Waals surface area contributed by atoms with Crippen LogP contribution >= 0.6 is 0 Å². The molecule has 0 bridgehead atoms. The summed E-state index contributed by atoms with van der Waals surface area (Å²) in [5, 5.41) is 3.53. The smallest absolute Gasteiger partial charge is 0.214 e. The number of anilines is 1. The van der Waals surface area contributed by atoms with Crippen molar-refractivity contribution >= 4 is 5.69 Å². The highest BCUT2D eigenvalue weighted by atomic mass is 16.5. The number of rotatable bonds is 4. The highest BCUT2D eigenvalue weighted by Crippen LogP contribution is 2.32. The maximum Gasteiger partial charge on any atom is 0.214 e. The molecule has 2 rings (SSSR count). The molecule has 0 spiro atoms. The number of nitrogens with one attached hydrogen (secondary N) is 1. The number of nitrogens with two attached hydrogens (primary N) is 1. The Morgan fingerprint density at radius 3 is 2.88 bits per heavy atom. The first-order valence-electron chi connectivity index (χ1n) is 5.76. The Morgan fingerprint density at radius 2 is 2.25 bits per heavy atom. The van der Waals surface area contributed by atoms with Gasteiger partial charge in [0.25, 0.3) is 0 Å². The highest BCUT2D eigenvalue weighted by molar-refractivity contribution is 5.47. The average molecular weight is 221 g/mol. The van der Waals surface area contributed by atoms with Gasteiger partial charge in [0.1, 0.15) is 0 Å². The molecule has 0 aliphatic heterocycles. The first-order chi connectivity index (χ1) is 7.78. The van der Waals surface area contributed by atoms with Gasteiger partial charge in [-0.05, 0) is 18.9 Å². The van der Waals surface area contributed by atoms with Crippen molar-refractivity contribution in [3.8, 4) is 5.88 Å². The van der Waals surface area contributed by atoms with Gasteiger partial charge in [0.05, 0.1) is 7.11 Å². The van der Waals surface area contributed by atoms with E-state index in [-0.39, 0.29) is 5.54 Å². The molecule has 88 valence electrons. The molecule has 1 saturated carbocycles. The van der Waals surface area contributed by atoms with Gasteiger partial charge < -0.3 is 15.8 Å². The van der Waals surface area contributed by atoms with Crippen molar-refractivity contribution in [2.24, 2.45) is 5.73 Å². The average Bonchev–Trinajstić information content (AvgIpc) is 2.78. The van der Waals surface area contributed by atoms with E-state index >= 15 is 0 Å². The lowest BCUT2D eigenvalue weighted by Gasteiger charge is -2.30. The van der Waals surface area contributed by atoms with Gasteiger partial charge in [-0.25, -0.2) is 4.98 Å². The minimum absolute atomic E-state index is 0.0758. The molecule has 1 aliphatic rings. The first kappa shape index (κ1) is 11.2. The molecule has 0 radical (unpaired) electrons. The van der Waals surface area contributed by atoms with Gasteiger partial charge in [-0.1, -0.05) is 12.8 Å². The third kappa shape index (κ3) is 2.27. The van der Waals surface area contributed by atoms with Crippen LogP contribution in [0.4, 0.5) is 5.69 Å². The lowest BCUT2D eigenvalue weighted by atomic mass is 9.97. The zero-order valence-corrected chi connectivity index (χ0v) is 9.70. The van der Waals surface area contributed by atoms with Crippen LogP contribution in [0, 0.1) is 0 Å². The van der Waals surface area contributed by atoms with E-state index in [0.29, 0.717) is 12.4 Å². The van der Waals surface area contributed by atoms with Crippen LogP contribution < -0.4 is 15.8 Å². The SMILES string of the molecule is COc1cc(NC2(CN)CCCC2)ccn1. The predicted octanol–water partition coefficient (Wildman–Crippen LogP) is 1.77. The van der Waals surface area contributed by atoms with Crippen LogP contribution in [0.15, 0.2) is 18.3 Å². The Kier molecular flexibility index (Phi) is 3.29. The van der Waals surface area contributed by atoms with E-state index in [9.17, 15) is 0 Å². The Bertz CT molecular complexity index is 348. The number of ether oxygens (including phenoxy) is 1. The largest absolute Gasteiger partial charge is 0.481 e. The maximum absolute atomic E-state index is 5.88. The van der Waals surface area contributed by atoms with Gasteiger partial charge >= 0.3 is 0 Å². The topological polar surface area (TPSA) is 60.2 Å². The van der Waals surface area contributed by atoms with Gasteiger partial charge in [0, 0.05) is 30.0 Å². The summed E-state index contributed by atoms with van der Waals surface area (Å²) in [5.74, 6) is 0.634. The number of aromatic nitrogens is 1. The molecule has 1 fully saturated rings. The van der Waals surface area contributed by atoms with Crippen LogP contribution in [-0.2, 0) is 0 Å². The van der Waals surface area contributed by atoms with Crippen molar-refractivity contribution in [1.82, 2.24) is 4.98 Å². The molecule has 3 N–H and O–H groups in total. The number of hydrogen-bond acceptors (Lipinski definition) is 4. The van der Waals surface area contributed by atoms with Crippen molar-refractivity contribution in [2.75, 3.05) is 19.0 Å². The summed E-state index contributed by atoms with van der Waals surface area (Å²) in [6.07, 6.45) is 6.56. The first-order valence-corrected chi connectivity index (χ1v) is 5.76. The molecular weight excluding hydrogens is 202 g/mol. The van der Waals surface area contributed by atoms with Gasteiger partial charge in [0.15, 0.2) is 0 Å². The summed E-state index contributed by atoms with van der Waals surface area (Å²) in [6.45, 7) is 0.678. The second kappa shape index (κ2) is 4.70. The molecule has 0 unspecified atom stereocenters.